The molecule has 10 nitrogen and oxygen atoms in total. The van der Waals surface area contributed by atoms with E-state index in [1.165, 1.54) is 20.2 Å². The number of anilines is 1. The highest BCUT2D eigenvalue weighted by Crippen LogP contribution is 2.47. The molecule has 178 valence electrons. The van der Waals surface area contributed by atoms with Crippen LogP contribution in [-0.4, -0.2) is 70.9 Å². The number of carbonyl (C=O) groups is 4. The van der Waals surface area contributed by atoms with Crippen molar-refractivity contribution in [3.05, 3.63) is 23.9 Å². The van der Waals surface area contributed by atoms with Crippen LogP contribution in [0.25, 0.3) is 0 Å². The maximum atomic E-state index is 13.1. The summed E-state index contributed by atoms with van der Waals surface area (Å²) in [7, 11) is 1.28. The smallest absolute Gasteiger partial charge is 0.328 e. The Morgan fingerprint density at radius 3 is 2.64 bits per heavy atom. The van der Waals surface area contributed by atoms with Crippen LogP contribution in [0.3, 0.4) is 0 Å². The molecule has 0 aromatic carbocycles. The number of aromatic nitrogens is 1. The first-order chi connectivity index (χ1) is 15.6. The second-order valence-corrected chi connectivity index (χ2v) is 9.01. The number of carbonyl (C=O) groups excluding carboxylic acids is 4. The van der Waals surface area contributed by atoms with Crippen molar-refractivity contribution in [1.82, 2.24) is 15.2 Å². The normalized spacial score (nSPS) is 21.7. The molecule has 0 bridgehead atoms. The van der Waals surface area contributed by atoms with Crippen LogP contribution in [0, 0.1) is 17.2 Å². The molecular formula is C23H31N5O5. The van der Waals surface area contributed by atoms with Crippen molar-refractivity contribution >= 4 is 35.1 Å². The van der Waals surface area contributed by atoms with Crippen molar-refractivity contribution in [2.75, 3.05) is 19.0 Å². The Hall–Kier alpha value is -3.30. The summed E-state index contributed by atoms with van der Waals surface area (Å²) >= 11 is 0. The fourth-order valence-electron chi connectivity index (χ4n) is 4.33. The van der Waals surface area contributed by atoms with Gasteiger partial charge in [-0.1, -0.05) is 13.8 Å². The van der Waals surface area contributed by atoms with Gasteiger partial charge in [-0.2, -0.15) is 0 Å². The summed E-state index contributed by atoms with van der Waals surface area (Å²) in [5.74, 6) is -0.821. The number of rotatable bonds is 10. The highest BCUT2D eigenvalue weighted by molar-refractivity contribution is 6.45. The minimum absolute atomic E-state index is 0.00967. The average Bonchev–Trinajstić information content (AvgIpc) is 3.44. The van der Waals surface area contributed by atoms with Gasteiger partial charge in [0.15, 0.2) is 5.78 Å². The number of ketones is 1. The Labute approximate surface area is 193 Å². The van der Waals surface area contributed by atoms with E-state index in [1.807, 2.05) is 13.8 Å². The molecule has 3 rings (SSSR count). The maximum absolute atomic E-state index is 13.1. The van der Waals surface area contributed by atoms with Crippen LogP contribution in [0.5, 0.6) is 0 Å². The Morgan fingerprint density at radius 2 is 2.00 bits per heavy atom. The number of methoxy groups -OCH3 is 1. The number of ether oxygens (including phenoxy) is 1. The van der Waals surface area contributed by atoms with Gasteiger partial charge in [0, 0.05) is 24.7 Å². The Balaban J connectivity index is 1.68. The third-order valence-corrected chi connectivity index (χ3v) is 6.04. The first-order valence-electron chi connectivity index (χ1n) is 11.1. The molecule has 10 heteroatoms. The van der Waals surface area contributed by atoms with Gasteiger partial charge in [-0.25, -0.2) is 9.78 Å². The molecule has 33 heavy (non-hydrogen) atoms. The van der Waals surface area contributed by atoms with Gasteiger partial charge in [-0.05, 0) is 43.2 Å². The average molecular weight is 458 g/mol. The molecule has 0 spiro atoms. The molecule has 3 N–H and O–H groups in total. The largest absolute Gasteiger partial charge is 0.467 e. The second-order valence-electron chi connectivity index (χ2n) is 9.01. The zero-order valence-corrected chi connectivity index (χ0v) is 19.4. The fourth-order valence-corrected chi connectivity index (χ4v) is 4.33. The van der Waals surface area contributed by atoms with E-state index in [9.17, 15) is 19.2 Å². The molecule has 1 saturated carbocycles. The molecule has 1 saturated heterocycles. The highest BCUT2D eigenvalue weighted by Gasteiger charge is 2.56. The summed E-state index contributed by atoms with van der Waals surface area (Å²) < 4.78 is 4.82. The molecule has 1 aromatic heterocycles. The van der Waals surface area contributed by atoms with E-state index in [0.717, 1.165) is 6.42 Å². The number of amides is 2. The van der Waals surface area contributed by atoms with E-state index in [4.69, 9.17) is 10.1 Å². The van der Waals surface area contributed by atoms with Gasteiger partial charge < -0.3 is 20.3 Å². The van der Waals surface area contributed by atoms with Gasteiger partial charge in [-0.3, -0.25) is 19.8 Å². The van der Waals surface area contributed by atoms with E-state index in [2.05, 4.69) is 15.6 Å². The van der Waals surface area contributed by atoms with Crippen molar-refractivity contribution < 1.29 is 23.9 Å². The molecule has 2 heterocycles. The van der Waals surface area contributed by atoms with Crippen LogP contribution in [0.1, 0.15) is 45.6 Å². The molecule has 2 aliphatic rings. The lowest BCUT2D eigenvalue weighted by Crippen LogP contribution is -2.53. The second kappa shape index (κ2) is 10.1. The molecule has 1 aromatic rings. The van der Waals surface area contributed by atoms with Crippen LogP contribution in [-0.2, 0) is 23.9 Å². The van der Waals surface area contributed by atoms with E-state index in [1.54, 1.807) is 17.0 Å². The summed E-state index contributed by atoms with van der Waals surface area (Å²) in [6.07, 6.45) is 3.36. The molecular weight excluding hydrogens is 426 g/mol. The lowest BCUT2D eigenvalue weighted by Gasteiger charge is -2.29. The van der Waals surface area contributed by atoms with Crippen molar-refractivity contribution in [3.8, 4) is 0 Å². The zero-order chi connectivity index (χ0) is 24.3. The predicted molar refractivity (Wildman–Crippen MR) is 121 cm³/mol. The topological polar surface area (TPSA) is 142 Å². The van der Waals surface area contributed by atoms with E-state index >= 15 is 0 Å². The van der Waals surface area contributed by atoms with E-state index in [0.29, 0.717) is 18.4 Å². The summed E-state index contributed by atoms with van der Waals surface area (Å²) in [4.78, 5) is 55.6. The molecule has 2 amide bonds. The van der Waals surface area contributed by atoms with Crippen molar-refractivity contribution in [1.29, 1.82) is 5.41 Å². The summed E-state index contributed by atoms with van der Waals surface area (Å²) in [5, 5.41) is 13.6. The number of esters is 1. The number of pyridine rings is 1. The Kier molecular flexibility index (Phi) is 7.45. The van der Waals surface area contributed by atoms with E-state index < -0.39 is 23.8 Å². The number of piperidine rings is 1. The number of hydrogen-bond acceptors (Lipinski definition) is 8. The van der Waals surface area contributed by atoms with E-state index in [-0.39, 0.29) is 47.8 Å². The van der Waals surface area contributed by atoms with Gasteiger partial charge in [0.05, 0.1) is 13.7 Å². The number of fused-ring (bicyclic) bond motifs is 1. The number of hydrogen-bond donors (Lipinski definition) is 3. The van der Waals surface area contributed by atoms with Crippen molar-refractivity contribution in [2.24, 2.45) is 11.8 Å². The summed E-state index contributed by atoms with van der Waals surface area (Å²) in [5.41, 5.74) is 0.116. The number of Topliss-reactive ketones (excluding diaryl/α,β-unsaturated/α-hetero) is 1. The van der Waals surface area contributed by atoms with Gasteiger partial charge in [0.2, 0.25) is 11.8 Å². The first-order valence-corrected chi connectivity index (χ1v) is 11.1. The number of nitrogens with one attached hydrogen (secondary N) is 3. The van der Waals surface area contributed by atoms with Crippen molar-refractivity contribution in [3.63, 3.8) is 0 Å². The standard InChI is InChI=1S/C23H31N5O5/c1-12(2)8-16(23(32)33-4)27-22(31)18-10-14-9-17(14)28(18)19(30)11-26-21-15(6-5-7-25-21)20(24)13(3)29/h5-7,12,14,16-18,24H,8-11H2,1-4H3,(H,25,26)(H,27,31). The van der Waals surface area contributed by atoms with Gasteiger partial charge in [0.1, 0.15) is 23.6 Å². The number of likely N-dealkylation sites (tertiary alicyclic amines) is 1. The van der Waals surface area contributed by atoms with Gasteiger partial charge in [0.25, 0.3) is 0 Å². The number of nitrogens with zero attached hydrogens (tertiary/aromatic N) is 2. The highest BCUT2D eigenvalue weighted by atomic mass is 16.5. The summed E-state index contributed by atoms with van der Waals surface area (Å²) in [6, 6.07) is 1.80. The maximum Gasteiger partial charge on any atom is 0.328 e. The first kappa shape index (κ1) is 24.3. The molecule has 2 fully saturated rings. The lowest BCUT2D eigenvalue weighted by molar-refractivity contribution is -0.147. The SMILES string of the molecule is COC(=O)C(CC(C)C)NC(=O)C1CC2CC2N1C(=O)CNc1ncccc1C(=N)C(C)=O. The molecule has 4 unspecified atom stereocenters. The quantitative estimate of drug-likeness (QED) is 0.353. The molecule has 1 aliphatic heterocycles. The van der Waals surface area contributed by atoms with Crippen LogP contribution in [0.4, 0.5) is 5.82 Å². The predicted octanol–water partition coefficient (Wildman–Crippen LogP) is 1.14. The molecule has 1 aliphatic carbocycles. The minimum atomic E-state index is -0.761. The molecule has 0 radical (unpaired) electrons. The monoisotopic (exact) mass is 457 g/mol. The Bertz CT molecular complexity index is 962. The third kappa shape index (κ3) is 5.55. The van der Waals surface area contributed by atoms with Crippen LogP contribution >= 0.6 is 0 Å². The van der Waals surface area contributed by atoms with Gasteiger partial charge in [-0.15, -0.1) is 0 Å². The third-order valence-electron chi connectivity index (χ3n) is 6.04. The minimum Gasteiger partial charge on any atom is -0.467 e. The van der Waals surface area contributed by atoms with Crippen molar-refractivity contribution in [2.45, 2.75) is 58.2 Å². The van der Waals surface area contributed by atoms with Crippen LogP contribution in [0.2, 0.25) is 0 Å². The van der Waals surface area contributed by atoms with Crippen LogP contribution in [0.15, 0.2) is 18.3 Å². The molecule has 4 atom stereocenters. The Morgan fingerprint density at radius 1 is 1.27 bits per heavy atom. The fraction of sp³-hybridized carbons (Fsp3) is 0.565. The summed E-state index contributed by atoms with van der Waals surface area (Å²) in [6.45, 7) is 5.07. The van der Waals surface area contributed by atoms with Gasteiger partial charge >= 0.3 is 5.97 Å². The lowest BCUT2D eigenvalue weighted by atomic mass is 10.0. The van der Waals surface area contributed by atoms with Crippen LogP contribution < -0.4 is 10.6 Å². The zero-order valence-electron chi connectivity index (χ0n) is 19.4.